The molecule has 0 spiro atoms. The third-order valence-electron chi connectivity index (χ3n) is 4.29. The molecule has 0 saturated heterocycles. The van der Waals surface area contributed by atoms with Gasteiger partial charge in [0.2, 0.25) is 0 Å². The van der Waals surface area contributed by atoms with Crippen LogP contribution in [0.15, 0.2) is 39.7 Å². The quantitative estimate of drug-likeness (QED) is 0.516. The lowest BCUT2D eigenvalue weighted by atomic mass is 10.1. The van der Waals surface area contributed by atoms with Gasteiger partial charge in [-0.15, -0.1) is 0 Å². The summed E-state index contributed by atoms with van der Waals surface area (Å²) in [5, 5.41) is 9.57. The smallest absolute Gasteiger partial charge is 0.328 e. The number of H-pyrrole nitrogens is 1. The van der Waals surface area contributed by atoms with Gasteiger partial charge in [-0.1, -0.05) is 6.07 Å². The number of fused-ring (bicyclic) bond motifs is 2. The monoisotopic (exact) mass is 408 g/mol. The molecule has 0 amide bonds. The van der Waals surface area contributed by atoms with E-state index in [4.69, 9.17) is 0 Å². The lowest BCUT2D eigenvalue weighted by Crippen LogP contribution is -2.19. The van der Waals surface area contributed by atoms with Gasteiger partial charge >= 0.3 is 5.69 Å². The number of allylic oxidation sites excluding steroid dienone is 1. The Bertz CT molecular complexity index is 1300. The summed E-state index contributed by atoms with van der Waals surface area (Å²) in [5.41, 5.74) is 4.05. The molecule has 0 saturated carbocycles. The summed E-state index contributed by atoms with van der Waals surface area (Å²) in [6, 6.07) is 9.66. The number of aromatic amines is 1. The Hall–Kier alpha value is -3.18. The van der Waals surface area contributed by atoms with Gasteiger partial charge in [0.25, 0.3) is 0 Å². The van der Waals surface area contributed by atoms with Crippen LogP contribution in [0.25, 0.3) is 33.8 Å². The van der Waals surface area contributed by atoms with Gasteiger partial charge in [0.15, 0.2) is 11.5 Å². The van der Waals surface area contributed by atoms with E-state index in [0.29, 0.717) is 17.0 Å². The van der Waals surface area contributed by atoms with Gasteiger partial charge in [-0.05, 0) is 45.8 Å². The van der Waals surface area contributed by atoms with E-state index >= 15 is 0 Å². The number of nitrogens with one attached hydrogen (secondary N) is 1. The second kappa shape index (κ2) is 5.97. The molecule has 0 aliphatic heterocycles. The highest BCUT2D eigenvalue weighted by molar-refractivity contribution is 9.10. The first kappa shape index (κ1) is 16.3. The molecule has 3 aromatic heterocycles. The van der Waals surface area contributed by atoms with Crippen molar-refractivity contribution in [1.82, 2.24) is 24.1 Å². The normalized spacial score (nSPS) is 12.0. The van der Waals surface area contributed by atoms with Crippen LogP contribution in [0.4, 0.5) is 0 Å². The van der Waals surface area contributed by atoms with Crippen LogP contribution >= 0.6 is 15.9 Å². The molecule has 0 fully saturated rings. The number of pyridine rings is 1. The molecule has 0 bridgehead atoms. The predicted octanol–water partition coefficient (Wildman–Crippen LogP) is 2.97. The van der Waals surface area contributed by atoms with Crippen LogP contribution in [-0.2, 0) is 14.1 Å². The topological polar surface area (TPSA) is 92.3 Å². The standard InChI is InChI=1S/C18H13BrN6O/c1-24-14-4-3-10(6-15(14)25(2)18(24)26)5-11(8-20)16-22-13-7-12(19)9-21-17(13)23-16/h3-7,9H,1-2H3,(H,21,22,23)/b11-5+. The second-order valence-electron chi connectivity index (χ2n) is 5.93. The first-order valence-corrected chi connectivity index (χ1v) is 8.56. The minimum Gasteiger partial charge on any atom is -0.336 e. The lowest BCUT2D eigenvalue weighted by Gasteiger charge is -1.99. The SMILES string of the molecule is Cn1c(=O)n(C)c2cc(/C=C(\C#N)c3nc4ncc(Br)cc4[nH]3)ccc21. The number of rotatable bonds is 2. The molecule has 1 N–H and O–H groups in total. The van der Waals surface area contributed by atoms with Crippen LogP contribution in [-0.4, -0.2) is 24.1 Å². The van der Waals surface area contributed by atoms with E-state index in [0.717, 1.165) is 26.6 Å². The number of aromatic nitrogens is 5. The first-order valence-electron chi connectivity index (χ1n) is 7.77. The molecule has 3 heterocycles. The van der Waals surface area contributed by atoms with Gasteiger partial charge in [-0.2, -0.15) is 5.26 Å². The Morgan fingerprint density at radius 3 is 2.81 bits per heavy atom. The maximum Gasteiger partial charge on any atom is 0.328 e. The van der Waals surface area contributed by atoms with Gasteiger partial charge in [0, 0.05) is 24.8 Å². The predicted molar refractivity (Wildman–Crippen MR) is 103 cm³/mol. The van der Waals surface area contributed by atoms with Crippen LogP contribution < -0.4 is 5.69 Å². The largest absolute Gasteiger partial charge is 0.336 e. The fourth-order valence-corrected chi connectivity index (χ4v) is 3.27. The zero-order chi connectivity index (χ0) is 18.4. The molecule has 8 heteroatoms. The molecule has 0 radical (unpaired) electrons. The molecule has 4 aromatic rings. The molecule has 4 rings (SSSR count). The molecular formula is C18H13BrN6O. The van der Waals surface area contributed by atoms with Gasteiger partial charge < -0.3 is 4.98 Å². The van der Waals surface area contributed by atoms with Gasteiger partial charge in [0.05, 0.1) is 22.1 Å². The number of benzene rings is 1. The first-order chi connectivity index (χ1) is 12.5. The number of nitriles is 1. The average molecular weight is 409 g/mol. The molecular weight excluding hydrogens is 396 g/mol. The average Bonchev–Trinajstić information content (AvgIpc) is 3.14. The van der Waals surface area contributed by atoms with Crippen molar-refractivity contribution in [3.63, 3.8) is 0 Å². The van der Waals surface area contributed by atoms with E-state index in [1.165, 1.54) is 0 Å². The molecule has 0 aliphatic rings. The van der Waals surface area contributed by atoms with E-state index in [2.05, 4.69) is 37.0 Å². The molecule has 26 heavy (non-hydrogen) atoms. The van der Waals surface area contributed by atoms with Gasteiger partial charge in [-0.3, -0.25) is 9.13 Å². The highest BCUT2D eigenvalue weighted by Gasteiger charge is 2.11. The Morgan fingerprint density at radius 1 is 1.27 bits per heavy atom. The minimum atomic E-state index is -0.0874. The van der Waals surface area contributed by atoms with Crippen LogP contribution in [0.1, 0.15) is 11.4 Å². The molecule has 7 nitrogen and oxygen atoms in total. The Morgan fingerprint density at radius 2 is 2.04 bits per heavy atom. The number of aryl methyl sites for hydroxylation is 2. The summed E-state index contributed by atoms with van der Waals surface area (Å²) < 4.78 is 4.01. The highest BCUT2D eigenvalue weighted by atomic mass is 79.9. The maximum absolute atomic E-state index is 12.1. The number of imidazole rings is 2. The molecule has 1 aromatic carbocycles. The van der Waals surface area contributed by atoms with Gasteiger partial charge in [-0.25, -0.2) is 14.8 Å². The van der Waals surface area contributed by atoms with Crippen LogP contribution in [0.5, 0.6) is 0 Å². The maximum atomic E-state index is 12.1. The minimum absolute atomic E-state index is 0.0874. The van der Waals surface area contributed by atoms with E-state index < -0.39 is 0 Å². The second-order valence-corrected chi connectivity index (χ2v) is 6.84. The van der Waals surface area contributed by atoms with Crippen molar-refractivity contribution in [2.45, 2.75) is 0 Å². The fourth-order valence-electron chi connectivity index (χ4n) is 2.94. The van der Waals surface area contributed by atoms with Crippen molar-refractivity contribution in [2.24, 2.45) is 14.1 Å². The molecule has 0 unspecified atom stereocenters. The number of halogens is 1. The fraction of sp³-hybridized carbons (Fsp3) is 0.111. The van der Waals surface area contributed by atoms with E-state index in [1.54, 1.807) is 35.5 Å². The molecule has 0 atom stereocenters. The van der Waals surface area contributed by atoms with Crippen LogP contribution in [0.2, 0.25) is 0 Å². The zero-order valence-corrected chi connectivity index (χ0v) is 15.6. The molecule has 0 aliphatic carbocycles. The molecule has 128 valence electrons. The number of hydrogen-bond acceptors (Lipinski definition) is 4. The number of hydrogen-bond donors (Lipinski definition) is 1. The Labute approximate surface area is 156 Å². The van der Waals surface area contributed by atoms with Crippen molar-refractivity contribution in [1.29, 1.82) is 5.26 Å². The summed E-state index contributed by atoms with van der Waals surface area (Å²) in [5.74, 6) is 0.454. The van der Waals surface area contributed by atoms with Crippen LogP contribution in [0.3, 0.4) is 0 Å². The van der Waals surface area contributed by atoms with E-state index in [9.17, 15) is 10.1 Å². The Balaban J connectivity index is 1.84. The number of nitrogens with zero attached hydrogens (tertiary/aromatic N) is 5. The third kappa shape index (κ3) is 2.53. The van der Waals surface area contributed by atoms with Crippen molar-refractivity contribution in [3.8, 4) is 6.07 Å². The summed E-state index contributed by atoms with van der Waals surface area (Å²) in [4.78, 5) is 23.8. The van der Waals surface area contributed by atoms with Crippen molar-refractivity contribution < 1.29 is 0 Å². The van der Waals surface area contributed by atoms with Crippen molar-refractivity contribution in [3.05, 3.63) is 56.8 Å². The van der Waals surface area contributed by atoms with E-state index in [-0.39, 0.29) is 5.69 Å². The lowest BCUT2D eigenvalue weighted by molar-refractivity contribution is 0.795. The Kier molecular flexibility index (Phi) is 3.74. The zero-order valence-electron chi connectivity index (χ0n) is 14.0. The highest BCUT2D eigenvalue weighted by Crippen LogP contribution is 2.22. The summed E-state index contributed by atoms with van der Waals surface area (Å²) in [6.45, 7) is 0. The summed E-state index contributed by atoms with van der Waals surface area (Å²) in [7, 11) is 3.46. The summed E-state index contributed by atoms with van der Waals surface area (Å²) in [6.07, 6.45) is 3.40. The summed E-state index contributed by atoms with van der Waals surface area (Å²) >= 11 is 3.37. The van der Waals surface area contributed by atoms with E-state index in [1.807, 2.05) is 24.3 Å². The van der Waals surface area contributed by atoms with Gasteiger partial charge in [0.1, 0.15) is 6.07 Å². The van der Waals surface area contributed by atoms with Crippen molar-refractivity contribution >= 4 is 49.8 Å². The van der Waals surface area contributed by atoms with Crippen LogP contribution in [0, 0.1) is 11.3 Å². The third-order valence-corrected chi connectivity index (χ3v) is 4.72. The van der Waals surface area contributed by atoms with Crippen molar-refractivity contribution in [2.75, 3.05) is 0 Å².